The Morgan fingerprint density at radius 2 is 1.92 bits per heavy atom. The van der Waals surface area contributed by atoms with E-state index in [0.29, 0.717) is 5.78 Å². The topological polar surface area (TPSA) is 73.3 Å². The molecule has 1 amide bonds. The number of carbonyl (C=O) groups is 1. The van der Waals surface area contributed by atoms with Crippen molar-refractivity contribution in [2.45, 2.75) is 44.7 Å². The van der Waals surface area contributed by atoms with Gasteiger partial charge in [0.15, 0.2) is 0 Å². The van der Waals surface area contributed by atoms with Crippen LogP contribution in [-0.4, -0.2) is 30.7 Å². The van der Waals surface area contributed by atoms with Gasteiger partial charge in [-0.05, 0) is 25.0 Å². The minimum atomic E-state index is -0.277. The number of aryl methyl sites for hydroxylation is 1. The van der Waals surface area contributed by atoms with Crippen molar-refractivity contribution in [3.05, 3.63) is 34.7 Å². The van der Waals surface area contributed by atoms with E-state index < -0.39 is 0 Å². The summed E-state index contributed by atoms with van der Waals surface area (Å²) >= 11 is 0. The molecule has 7 heteroatoms. The molecule has 0 saturated heterocycles. The Morgan fingerprint density at radius 3 is 2.67 bits per heavy atom. The number of hydrogen-bond acceptors (Lipinski definition) is 3. The first-order valence-electron chi connectivity index (χ1n) is 8.47. The van der Waals surface area contributed by atoms with Crippen LogP contribution in [0.1, 0.15) is 32.1 Å². The normalized spacial score (nSPS) is 16.0. The van der Waals surface area contributed by atoms with E-state index in [-0.39, 0.29) is 24.2 Å². The van der Waals surface area contributed by atoms with Gasteiger partial charge in [-0.25, -0.2) is 13.9 Å². The van der Waals surface area contributed by atoms with Crippen molar-refractivity contribution < 1.29 is 4.79 Å². The number of aromatic nitrogens is 4. The molecule has 1 saturated carbocycles. The second kappa shape index (κ2) is 5.81. The quantitative estimate of drug-likeness (QED) is 0.791. The number of nitrogens with zero attached hydrogens (tertiary/aromatic N) is 4. The Bertz CT molecular complexity index is 959. The number of amides is 1. The summed E-state index contributed by atoms with van der Waals surface area (Å²) in [6, 6.07) is 7.89. The minimum absolute atomic E-state index is 0.0364. The highest BCUT2D eigenvalue weighted by Gasteiger charge is 2.19. The predicted octanol–water partition coefficient (Wildman–Crippen LogP) is 1.44. The van der Waals surface area contributed by atoms with E-state index in [4.69, 9.17) is 0 Å². The lowest BCUT2D eigenvalue weighted by atomic mass is 9.95. The average Bonchev–Trinajstić information content (AvgIpc) is 3.05. The van der Waals surface area contributed by atoms with Crippen LogP contribution in [0.15, 0.2) is 29.1 Å². The van der Waals surface area contributed by atoms with E-state index in [2.05, 4.69) is 10.4 Å². The molecule has 0 bridgehead atoms. The molecule has 1 aliphatic carbocycles. The predicted molar refractivity (Wildman–Crippen MR) is 90.9 cm³/mol. The van der Waals surface area contributed by atoms with Crippen molar-refractivity contribution in [2.24, 2.45) is 7.05 Å². The summed E-state index contributed by atoms with van der Waals surface area (Å²) in [5.41, 5.74) is 1.47. The number of hydrogen-bond donors (Lipinski definition) is 1. The highest BCUT2D eigenvalue weighted by Crippen LogP contribution is 2.18. The first-order chi connectivity index (χ1) is 11.6. The van der Waals surface area contributed by atoms with Crippen LogP contribution in [-0.2, 0) is 18.4 Å². The van der Waals surface area contributed by atoms with Crippen LogP contribution < -0.4 is 11.0 Å². The summed E-state index contributed by atoms with van der Waals surface area (Å²) in [5, 5.41) is 7.38. The molecule has 2 aromatic heterocycles. The number of benzene rings is 1. The second-order valence-electron chi connectivity index (χ2n) is 6.53. The van der Waals surface area contributed by atoms with Crippen molar-refractivity contribution in [3.63, 3.8) is 0 Å². The molecule has 3 aromatic rings. The first kappa shape index (κ1) is 15.0. The zero-order valence-corrected chi connectivity index (χ0v) is 13.7. The number of rotatable bonds is 3. The molecule has 1 aliphatic rings. The summed E-state index contributed by atoms with van der Waals surface area (Å²) in [7, 11) is 1.87. The SMILES string of the molecule is Cn1c2ccccc2n2c(=O)n(CC(=O)NC3CCCCC3)nc12. The zero-order chi connectivity index (χ0) is 16.7. The smallest absolute Gasteiger partial charge is 0.352 e. The molecule has 0 spiro atoms. The molecular weight excluding hydrogens is 306 g/mol. The maximum atomic E-state index is 12.7. The highest BCUT2D eigenvalue weighted by atomic mass is 16.2. The van der Waals surface area contributed by atoms with Gasteiger partial charge >= 0.3 is 5.69 Å². The van der Waals surface area contributed by atoms with E-state index in [1.165, 1.54) is 11.1 Å². The van der Waals surface area contributed by atoms with E-state index in [9.17, 15) is 9.59 Å². The molecule has 24 heavy (non-hydrogen) atoms. The van der Waals surface area contributed by atoms with Crippen LogP contribution in [0.5, 0.6) is 0 Å². The lowest BCUT2D eigenvalue weighted by molar-refractivity contribution is -0.122. The van der Waals surface area contributed by atoms with Gasteiger partial charge in [-0.15, -0.1) is 5.10 Å². The van der Waals surface area contributed by atoms with Crippen LogP contribution >= 0.6 is 0 Å². The van der Waals surface area contributed by atoms with Crippen molar-refractivity contribution in [2.75, 3.05) is 0 Å². The van der Waals surface area contributed by atoms with Crippen molar-refractivity contribution in [1.29, 1.82) is 0 Å². The summed E-state index contributed by atoms with van der Waals surface area (Å²) in [6.07, 6.45) is 5.61. The molecule has 0 radical (unpaired) electrons. The Kier molecular flexibility index (Phi) is 3.63. The Morgan fingerprint density at radius 1 is 1.21 bits per heavy atom. The second-order valence-corrected chi connectivity index (χ2v) is 6.53. The van der Waals surface area contributed by atoms with Gasteiger partial charge in [0.05, 0.1) is 11.0 Å². The van der Waals surface area contributed by atoms with Gasteiger partial charge in [0, 0.05) is 13.1 Å². The number of para-hydroxylation sites is 2. The molecule has 1 aromatic carbocycles. The highest BCUT2D eigenvalue weighted by molar-refractivity contribution is 5.80. The van der Waals surface area contributed by atoms with E-state index in [0.717, 1.165) is 36.7 Å². The monoisotopic (exact) mass is 327 g/mol. The van der Waals surface area contributed by atoms with Gasteiger partial charge in [-0.3, -0.25) is 4.79 Å². The Balaban J connectivity index is 1.63. The standard InChI is InChI=1S/C17H21N5O2/c1-20-13-9-5-6-10-14(13)22-16(20)19-21(17(22)24)11-15(23)18-12-7-3-2-4-8-12/h5-6,9-10,12H,2-4,7-8,11H2,1H3,(H,18,23). The van der Waals surface area contributed by atoms with E-state index >= 15 is 0 Å². The van der Waals surface area contributed by atoms with Crippen LogP contribution in [0, 0.1) is 0 Å². The zero-order valence-electron chi connectivity index (χ0n) is 13.7. The molecule has 4 rings (SSSR count). The third kappa shape index (κ3) is 2.40. The van der Waals surface area contributed by atoms with Gasteiger partial charge in [0.2, 0.25) is 11.7 Å². The van der Waals surface area contributed by atoms with Crippen molar-refractivity contribution in [1.82, 2.24) is 24.1 Å². The molecule has 2 heterocycles. The maximum absolute atomic E-state index is 12.7. The summed E-state index contributed by atoms with van der Waals surface area (Å²) in [4.78, 5) is 24.9. The van der Waals surface area contributed by atoms with E-state index in [1.54, 1.807) is 4.40 Å². The van der Waals surface area contributed by atoms with Crippen LogP contribution in [0.4, 0.5) is 0 Å². The molecule has 1 N–H and O–H groups in total. The number of fused-ring (bicyclic) bond motifs is 3. The minimum Gasteiger partial charge on any atom is -0.352 e. The van der Waals surface area contributed by atoms with Gasteiger partial charge < -0.3 is 9.88 Å². The first-order valence-corrected chi connectivity index (χ1v) is 8.47. The average molecular weight is 327 g/mol. The number of nitrogens with one attached hydrogen (secondary N) is 1. The molecule has 0 unspecified atom stereocenters. The van der Waals surface area contributed by atoms with Crippen LogP contribution in [0.25, 0.3) is 16.8 Å². The van der Waals surface area contributed by atoms with Crippen LogP contribution in [0.2, 0.25) is 0 Å². The molecule has 7 nitrogen and oxygen atoms in total. The Labute approximate surface area is 138 Å². The molecule has 0 atom stereocenters. The molecular formula is C17H21N5O2. The fourth-order valence-electron chi connectivity index (χ4n) is 3.63. The lowest BCUT2D eigenvalue weighted by Gasteiger charge is -2.22. The van der Waals surface area contributed by atoms with Gasteiger partial charge in [0.1, 0.15) is 6.54 Å². The molecule has 0 aliphatic heterocycles. The van der Waals surface area contributed by atoms with E-state index in [1.807, 2.05) is 35.9 Å². The fraction of sp³-hybridized carbons (Fsp3) is 0.471. The van der Waals surface area contributed by atoms with Gasteiger partial charge in [-0.1, -0.05) is 31.4 Å². The third-order valence-electron chi connectivity index (χ3n) is 4.87. The maximum Gasteiger partial charge on any atom is 0.352 e. The summed E-state index contributed by atoms with van der Waals surface area (Å²) in [6.45, 7) is -0.0364. The summed E-state index contributed by atoms with van der Waals surface area (Å²) < 4.78 is 4.68. The third-order valence-corrected chi connectivity index (χ3v) is 4.87. The van der Waals surface area contributed by atoms with Crippen molar-refractivity contribution in [3.8, 4) is 0 Å². The van der Waals surface area contributed by atoms with Gasteiger partial charge in [-0.2, -0.15) is 0 Å². The number of imidazole rings is 1. The summed E-state index contributed by atoms with van der Waals surface area (Å²) in [5.74, 6) is 0.406. The fourth-order valence-corrected chi connectivity index (χ4v) is 3.63. The largest absolute Gasteiger partial charge is 0.352 e. The lowest BCUT2D eigenvalue weighted by Crippen LogP contribution is -2.40. The van der Waals surface area contributed by atoms with Gasteiger partial charge in [0.25, 0.3) is 0 Å². The number of carbonyl (C=O) groups excluding carboxylic acids is 1. The molecule has 1 fully saturated rings. The molecule has 126 valence electrons. The van der Waals surface area contributed by atoms with Crippen molar-refractivity contribution >= 4 is 22.7 Å². The van der Waals surface area contributed by atoms with Crippen LogP contribution in [0.3, 0.4) is 0 Å². The Hall–Kier alpha value is -2.57.